The second kappa shape index (κ2) is 8.68. The molecule has 0 aromatic carbocycles. The minimum absolute atomic E-state index is 0.0777. The van der Waals surface area contributed by atoms with Crippen LogP contribution in [-0.2, 0) is 25.3 Å². The summed E-state index contributed by atoms with van der Waals surface area (Å²) in [5, 5.41) is 8.63. The van der Waals surface area contributed by atoms with Gasteiger partial charge in [0.05, 0.1) is 11.3 Å². The van der Waals surface area contributed by atoms with E-state index in [0.717, 1.165) is 46.4 Å². The second-order valence-corrected chi connectivity index (χ2v) is 9.70. The molecular formula is C26H30N6O2. The fraction of sp³-hybridized carbons (Fsp3) is 0.385. The summed E-state index contributed by atoms with van der Waals surface area (Å²) >= 11 is 0. The van der Waals surface area contributed by atoms with Gasteiger partial charge in [0.25, 0.3) is 5.91 Å². The van der Waals surface area contributed by atoms with Crippen LogP contribution in [0.2, 0.25) is 0 Å². The van der Waals surface area contributed by atoms with Crippen LogP contribution in [0.1, 0.15) is 48.3 Å². The first-order chi connectivity index (χ1) is 16.3. The van der Waals surface area contributed by atoms with Crippen LogP contribution < -0.4 is 5.32 Å². The molecule has 176 valence electrons. The number of aryl methyl sites for hydroxylation is 2. The molecule has 1 fully saturated rings. The quantitative estimate of drug-likeness (QED) is 0.493. The van der Waals surface area contributed by atoms with Crippen LogP contribution in [0.15, 0.2) is 48.9 Å². The molecule has 0 saturated carbocycles. The summed E-state index contributed by atoms with van der Waals surface area (Å²) in [5.41, 5.74) is 4.80. The Balaban J connectivity index is 1.40. The lowest BCUT2D eigenvalue weighted by Gasteiger charge is -2.35. The second-order valence-electron chi connectivity index (χ2n) is 9.70. The molecule has 8 heteroatoms. The molecule has 0 aliphatic carbocycles. The summed E-state index contributed by atoms with van der Waals surface area (Å²) in [7, 11) is 3.84. The maximum Gasteiger partial charge on any atom is 0.270 e. The molecule has 34 heavy (non-hydrogen) atoms. The third-order valence-corrected chi connectivity index (χ3v) is 6.38. The van der Waals surface area contributed by atoms with E-state index in [9.17, 15) is 4.79 Å². The van der Waals surface area contributed by atoms with E-state index in [1.54, 1.807) is 4.68 Å². The van der Waals surface area contributed by atoms with Crippen molar-refractivity contribution in [3.05, 3.63) is 65.7 Å². The highest BCUT2D eigenvalue weighted by atomic mass is 16.5. The molecule has 0 radical (unpaired) electrons. The van der Waals surface area contributed by atoms with Crippen molar-refractivity contribution in [1.82, 2.24) is 29.6 Å². The topological polar surface area (TPSA) is 86.9 Å². The highest BCUT2D eigenvalue weighted by Crippen LogP contribution is 2.26. The van der Waals surface area contributed by atoms with Gasteiger partial charge in [-0.15, -0.1) is 0 Å². The van der Waals surface area contributed by atoms with Crippen LogP contribution in [0.25, 0.3) is 22.4 Å². The van der Waals surface area contributed by atoms with E-state index in [2.05, 4.69) is 46.4 Å². The molecule has 0 spiro atoms. The molecular weight excluding hydrogens is 428 g/mol. The normalized spacial score (nSPS) is 17.7. The van der Waals surface area contributed by atoms with Crippen molar-refractivity contribution in [1.29, 1.82) is 0 Å². The number of rotatable bonds is 5. The molecule has 8 nitrogen and oxygen atoms in total. The van der Waals surface area contributed by atoms with Gasteiger partial charge in [0.15, 0.2) is 0 Å². The zero-order chi connectivity index (χ0) is 23.9. The Bertz CT molecular complexity index is 1340. The van der Waals surface area contributed by atoms with Gasteiger partial charge in [0.1, 0.15) is 17.0 Å². The lowest BCUT2D eigenvalue weighted by molar-refractivity contribution is -0.0615. The number of amides is 1. The number of hydrogen-bond acceptors (Lipinski definition) is 5. The van der Waals surface area contributed by atoms with E-state index in [1.807, 2.05) is 55.5 Å². The first kappa shape index (κ1) is 22.3. The van der Waals surface area contributed by atoms with Crippen LogP contribution >= 0.6 is 0 Å². The van der Waals surface area contributed by atoms with Gasteiger partial charge < -0.3 is 14.6 Å². The molecule has 5 rings (SSSR count). The van der Waals surface area contributed by atoms with Gasteiger partial charge in [-0.25, -0.2) is 4.98 Å². The summed E-state index contributed by atoms with van der Waals surface area (Å²) in [6, 6.07) is 10.0. The van der Waals surface area contributed by atoms with E-state index < -0.39 is 0 Å². The largest absolute Gasteiger partial charge is 0.375 e. The first-order valence-electron chi connectivity index (χ1n) is 11.6. The molecule has 4 aromatic rings. The molecule has 0 bridgehead atoms. The van der Waals surface area contributed by atoms with Crippen molar-refractivity contribution < 1.29 is 9.53 Å². The molecule has 1 unspecified atom stereocenters. The summed E-state index contributed by atoms with van der Waals surface area (Å²) in [5.74, 6) is -0.143. The van der Waals surface area contributed by atoms with Gasteiger partial charge in [-0.05, 0) is 68.5 Å². The summed E-state index contributed by atoms with van der Waals surface area (Å²) in [6.07, 6.45) is 8.01. The number of carbonyl (C=O) groups excluding carboxylic acids is 1. The average Bonchev–Trinajstić information content (AvgIpc) is 3.39. The van der Waals surface area contributed by atoms with Gasteiger partial charge in [0, 0.05) is 50.7 Å². The van der Waals surface area contributed by atoms with Crippen LogP contribution in [0.5, 0.6) is 0 Å². The predicted molar refractivity (Wildman–Crippen MR) is 130 cm³/mol. The van der Waals surface area contributed by atoms with Crippen LogP contribution in [0, 0.1) is 0 Å². The standard InChI is InChI=1S/C26H30N6O2/c1-26(2)15-19(9-12-34-26)28-25(33)23-14-18(20-7-10-31(3)24(20)29-23)13-17-5-6-21(27-16-17)22-8-11-32(4)30-22/h5-8,10-11,14,16,19H,9,12-13,15H2,1-4H3,(H,28,33). The summed E-state index contributed by atoms with van der Waals surface area (Å²) in [6.45, 7) is 4.77. The minimum Gasteiger partial charge on any atom is -0.375 e. The van der Waals surface area contributed by atoms with Crippen LogP contribution in [-0.4, -0.2) is 48.5 Å². The monoisotopic (exact) mass is 458 g/mol. The third-order valence-electron chi connectivity index (χ3n) is 6.38. The molecule has 1 aliphatic rings. The van der Waals surface area contributed by atoms with Crippen molar-refractivity contribution in [3.8, 4) is 11.4 Å². The van der Waals surface area contributed by atoms with Crippen molar-refractivity contribution in [2.75, 3.05) is 6.61 Å². The fourth-order valence-electron chi connectivity index (χ4n) is 4.63. The smallest absolute Gasteiger partial charge is 0.270 e. The maximum absolute atomic E-state index is 13.2. The summed E-state index contributed by atoms with van der Waals surface area (Å²) < 4.78 is 9.51. The van der Waals surface area contributed by atoms with E-state index in [1.165, 1.54) is 0 Å². The number of ether oxygens (including phenoxy) is 1. The van der Waals surface area contributed by atoms with E-state index in [4.69, 9.17) is 4.74 Å². The van der Waals surface area contributed by atoms with Crippen molar-refractivity contribution in [2.24, 2.45) is 14.1 Å². The Morgan fingerprint density at radius 1 is 1.18 bits per heavy atom. The Labute approximate surface area is 199 Å². The average molecular weight is 459 g/mol. The van der Waals surface area contributed by atoms with Gasteiger partial charge in [-0.2, -0.15) is 5.10 Å². The Hall–Kier alpha value is -3.52. The van der Waals surface area contributed by atoms with Gasteiger partial charge in [-0.1, -0.05) is 6.07 Å². The molecule has 1 saturated heterocycles. The number of carbonyl (C=O) groups is 1. The van der Waals surface area contributed by atoms with E-state index in [-0.39, 0.29) is 17.6 Å². The third kappa shape index (κ3) is 4.59. The Morgan fingerprint density at radius 2 is 2.03 bits per heavy atom. The van der Waals surface area contributed by atoms with E-state index in [0.29, 0.717) is 18.7 Å². The summed E-state index contributed by atoms with van der Waals surface area (Å²) in [4.78, 5) is 22.5. The Kier molecular flexibility index (Phi) is 5.69. The van der Waals surface area contributed by atoms with Gasteiger partial charge >= 0.3 is 0 Å². The Morgan fingerprint density at radius 3 is 2.74 bits per heavy atom. The lowest BCUT2D eigenvalue weighted by atomic mass is 9.94. The van der Waals surface area contributed by atoms with Crippen LogP contribution in [0.3, 0.4) is 0 Å². The molecule has 1 aliphatic heterocycles. The number of fused-ring (bicyclic) bond motifs is 1. The molecule has 1 N–H and O–H groups in total. The van der Waals surface area contributed by atoms with Gasteiger partial charge in [0.2, 0.25) is 0 Å². The number of aromatic nitrogens is 5. The molecule has 1 atom stereocenters. The fourth-order valence-corrected chi connectivity index (χ4v) is 4.63. The molecule has 1 amide bonds. The highest BCUT2D eigenvalue weighted by molar-refractivity contribution is 5.95. The molecule has 4 aromatic heterocycles. The minimum atomic E-state index is -0.231. The lowest BCUT2D eigenvalue weighted by Crippen LogP contribution is -2.46. The van der Waals surface area contributed by atoms with Crippen molar-refractivity contribution >= 4 is 16.9 Å². The maximum atomic E-state index is 13.2. The number of nitrogens with zero attached hydrogens (tertiary/aromatic N) is 5. The number of hydrogen-bond donors (Lipinski definition) is 1. The number of pyridine rings is 2. The van der Waals surface area contributed by atoms with Crippen molar-refractivity contribution in [2.45, 2.75) is 44.8 Å². The van der Waals surface area contributed by atoms with Crippen molar-refractivity contribution in [3.63, 3.8) is 0 Å². The SMILES string of the molecule is Cn1ccc(-c2ccc(Cc3cc(C(=O)NC4CCOC(C)(C)C4)nc4c3ccn4C)cn2)n1. The van der Waals surface area contributed by atoms with Crippen LogP contribution in [0.4, 0.5) is 0 Å². The zero-order valence-corrected chi connectivity index (χ0v) is 20.1. The van der Waals surface area contributed by atoms with Gasteiger partial charge in [-0.3, -0.25) is 14.5 Å². The number of nitrogens with one attached hydrogen (secondary N) is 1. The highest BCUT2D eigenvalue weighted by Gasteiger charge is 2.30. The predicted octanol–water partition coefficient (Wildman–Crippen LogP) is 3.65. The molecule has 5 heterocycles. The zero-order valence-electron chi connectivity index (χ0n) is 20.1. The van der Waals surface area contributed by atoms with E-state index >= 15 is 0 Å². The first-order valence-corrected chi connectivity index (χ1v) is 11.6.